The third-order valence-corrected chi connectivity index (χ3v) is 3.78. The molecule has 0 fully saturated rings. The van der Waals surface area contributed by atoms with Gasteiger partial charge in [-0.25, -0.2) is 14.6 Å². The first-order valence-corrected chi connectivity index (χ1v) is 8.31. The number of carboxylic acid groups (broad SMARTS) is 2. The lowest BCUT2D eigenvalue weighted by Crippen LogP contribution is -2.54. The van der Waals surface area contributed by atoms with Crippen LogP contribution >= 0.6 is 0 Å². The molecule has 0 saturated carbocycles. The molecule has 2 aromatic carbocycles. The van der Waals surface area contributed by atoms with Crippen LogP contribution in [0.5, 0.6) is 0 Å². The first-order chi connectivity index (χ1) is 13.3. The highest BCUT2D eigenvalue weighted by Gasteiger charge is 2.30. The summed E-state index contributed by atoms with van der Waals surface area (Å²) in [5.74, 6) is -4.95. The molecule has 0 heterocycles. The fraction of sp³-hybridized carbons (Fsp3) is 0.250. The average molecular weight is 386 g/mol. The van der Waals surface area contributed by atoms with Gasteiger partial charge < -0.3 is 24.5 Å². The van der Waals surface area contributed by atoms with E-state index in [9.17, 15) is 24.6 Å². The van der Waals surface area contributed by atoms with Crippen molar-refractivity contribution in [2.24, 2.45) is 0 Å². The predicted molar refractivity (Wildman–Crippen MR) is 91.2 cm³/mol. The van der Waals surface area contributed by atoms with Gasteiger partial charge in [-0.3, -0.25) is 0 Å². The number of ether oxygens (including phenoxy) is 1. The lowest BCUT2D eigenvalue weighted by Gasteiger charge is -2.27. The van der Waals surface area contributed by atoms with Crippen LogP contribution in [-0.4, -0.2) is 30.1 Å². The second-order valence-electron chi connectivity index (χ2n) is 6.09. The Morgan fingerprint density at radius 3 is 1.82 bits per heavy atom. The molecule has 2 atom stereocenters. The quantitative estimate of drug-likeness (QED) is 0.331. The molecule has 0 aliphatic rings. The summed E-state index contributed by atoms with van der Waals surface area (Å²) in [5, 5.41) is 22.6. The van der Waals surface area contributed by atoms with Crippen molar-refractivity contribution in [1.29, 1.82) is 0 Å². The van der Waals surface area contributed by atoms with Crippen LogP contribution in [0.3, 0.4) is 0 Å². The van der Waals surface area contributed by atoms with Crippen LogP contribution < -0.4 is 10.2 Å². The van der Waals surface area contributed by atoms with Gasteiger partial charge in [0.15, 0.2) is 12.2 Å². The van der Waals surface area contributed by atoms with E-state index in [4.69, 9.17) is 9.62 Å². The van der Waals surface area contributed by atoms with E-state index >= 15 is 0 Å². The van der Waals surface area contributed by atoms with Crippen LogP contribution in [0.4, 0.5) is 0 Å². The lowest BCUT2D eigenvalue weighted by atomic mass is 10.1. The maximum Gasteiger partial charge on any atom is 0.338 e. The normalized spacial score (nSPS) is 12.8. The molecular formula is C20H18O8-2. The van der Waals surface area contributed by atoms with Gasteiger partial charge in [-0.15, -0.1) is 0 Å². The zero-order valence-electron chi connectivity index (χ0n) is 15.2. The summed E-state index contributed by atoms with van der Waals surface area (Å²) in [6, 6.07) is 13.1. The molecule has 0 bridgehead atoms. The number of carbonyl (C=O) groups excluding carboxylic acids is 3. The molecule has 148 valence electrons. The monoisotopic (exact) mass is 386 g/mol. The fourth-order valence-corrected chi connectivity index (χ4v) is 2.18. The number of hydrogen-bond acceptors (Lipinski definition) is 8. The molecule has 0 spiro atoms. The van der Waals surface area contributed by atoms with E-state index in [2.05, 4.69) is 4.89 Å². The largest absolute Gasteiger partial charge is 0.547 e. The molecule has 0 N–H and O–H groups in total. The number of aliphatic carboxylic acids is 2. The number of rotatable bonds is 9. The summed E-state index contributed by atoms with van der Waals surface area (Å²) < 4.78 is 4.75. The van der Waals surface area contributed by atoms with Crippen LogP contribution in [0.25, 0.3) is 0 Å². The molecule has 0 radical (unpaired) electrons. The Kier molecular flexibility index (Phi) is 7.25. The van der Waals surface area contributed by atoms with Crippen molar-refractivity contribution in [3.05, 3.63) is 70.8 Å². The van der Waals surface area contributed by atoms with Crippen molar-refractivity contribution >= 4 is 17.9 Å². The summed E-state index contributed by atoms with van der Waals surface area (Å²) in [6.07, 6.45) is -4.48. The minimum Gasteiger partial charge on any atom is -0.547 e. The molecule has 8 nitrogen and oxygen atoms in total. The standard InChI is InChI=1S/C20H20O8/c1-12-3-7-14(8-4-12)11-26-28-17(19(23)24)16(18(21)22)27-20(25)15-9-5-13(2)6-10-15/h3-10,16-17H,11H2,1-2H3,(H,21,22)(H,23,24)/p-2. The fourth-order valence-electron chi connectivity index (χ4n) is 2.18. The predicted octanol–water partition coefficient (Wildman–Crippen LogP) is -0.154. The minimum absolute atomic E-state index is 0.0366. The van der Waals surface area contributed by atoms with E-state index in [0.717, 1.165) is 11.1 Å². The van der Waals surface area contributed by atoms with E-state index in [1.165, 1.54) is 12.1 Å². The highest BCUT2D eigenvalue weighted by Crippen LogP contribution is 2.12. The highest BCUT2D eigenvalue weighted by atomic mass is 17.2. The molecule has 0 aliphatic heterocycles. The van der Waals surface area contributed by atoms with E-state index in [0.29, 0.717) is 5.56 Å². The topological polar surface area (TPSA) is 125 Å². The number of carbonyl (C=O) groups is 3. The van der Waals surface area contributed by atoms with E-state index < -0.39 is 30.1 Å². The van der Waals surface area contributed by atoms with Crippen LogP contribution in [0, 0.1) is 13.8 Å². The van der Waals surface area contributed by atoms with Crippen LogP contribution in [0.15, 0.2) is 48.5 Å². The van der Waals surface area contributed by atoms with Crippen molar-refractivity contribution < 1.29 is 39.1 Å². The summed E-state index contributed by atoms with van der Waals surface area (Å²) in [4.78, 5) is 44.2. The molecule has 2 aromatic rings. The van der Waals surface area contributed by atoms with Gasteiger partial charge >= 0.3 is 5.97 Å². The average Bonchev–Trinajstić information content (AvgIpc) is 2.65. The molecule has 28 heavy (non-hydrogen) atoms. The SMILES string of the molecule is Cc1ccc(COOC(C(=O)[O-])C(OC(=O)c2ccc(C)cc2)C(=O)[O-])cc1. The molecule has 0 saturated heterocycles. The highest BCUT2D eigenvalue weighted by molar-refractivity contribution is 5.92. The van der Waals surface area contributed by atoms with Gasteiger partial charge in [0.05, 0.1) is 17.5 Å². The molecule has 2 unspecified atom stereocenters. The first kappa shape index (κ1) is 21.1. The Balaban J connectivity index is 2.05. The van der Waals surface area contributed by atoms with Crippen molar-refractivity contribution in [1.82, 2.24) is 0 Å². The van der Waals surface area contributed by atoms with Gasteiger partial charge in [0.2, 0.25) is 0 Å². The maximum atomic E-state index is 12.1. The summed E-state index contributed by atoms with van der Waals surface area (Å²) in [6.45, 7) is 3.53. The van der Waals surface area contributed by atoms with Gasteiger partial charge in [0, 0.05) is 0 Å². The number of hydrogen-bond donors (Lipinski definition) is 0. The van der Waals surface area contributed by atoms with E-state index in [1.807, 2.05) is 19.1 Å². The lowest BCUT2D eigenvalue weighted by molar-refractivity contribution is -0.384. The Hall–Kier alpha value is -3.23. The van der Waals surface area contributed by atoms with Crippen molar-refractivity contribution in [2.45, 2.75) is 32.7 Å². The summed E-state index contributed by atoms with van der Waals surface area (Å²) >= 11 is 0. The summed E-state index contributed by atoms with van der Waals surface area (Å²) in [7, 11) is 0. The molecule has 2 rings (SSSR count). The maximum absolute atomic E-state index is 12.1. The Morgan fingerprint density at radius 2 is 1.32 bits per heavy atom. The molecule has 8 heteroatoms. The van der Waals surface area contributed by atoms with Crippen LogP contribution in [-0.2, 0) is 30.7 Å². The molecule has 0 amide bonds. The zero-order chi connectivity index (χ0) is 20.7. The van der Waals surface area contributed by atoms with Gasteiger partial charge in [0.25, 0.3) is 0 Å². The van der Waals surface area contributed by atoms with Gasteiger partial charge in [-0.2, -0.15) is 0 Å². The van der Waals surface area contributed by atoms with E-state index in [1.54, 1.807) is 31.2 Å². The van der Waals surface area contributed by atoms with Crippen LogP contribution in [0.1, 0.15) is 27.0 Å². The third-order valence-electron chi connectivity index (χ3n) is 3.78. The molecule has 0 aliphatic carbocycles. The Bertz CT molecular complexity index is 826. The van der Waals surface area contributed by atoms with Crippen LogP contribution in [0.2, 0.25) is 0 Å². The van der Waals surface area contributed by atoms with Gasteiger partial charge in [-0.05, 0) is 31.5 Å². The second-order valence-corrected chi connectivity index (χ2v) is 6.09. The number of benzene rings is 2. The first-order valence-electron chi connectivity index (χ1n) is 8.31. The zero-order valence-corrected chi connectivity index (χ0v) is 15.2. The third kappa shape index (κ3) is 5.90. The number of aryl methyl sites for hydroxylation is 2. The van der Waals surface area contributed by atoms with Crippen molar-refractivity contribution in [2.75, 3.05) is 0 Å². The molecular weight excluding hydrogens is 368 g/mol. The van der Waals surface area contributed by atoms with Crippen molar-refractivity contribution in [3.8, 4) is 0 Å². The van der Waals surface area contributed by atoms with E-state index in [-0.39, 0.29) is 12.2 Å². The smallest absolute Gasteiger partial charge is 0.338 e. The number of esters is 1. The Morgan fingerprint density at radius 1 is 0.821 bits per heavy atom. The van der Waals surface area contributed by atoms with Gasteiger partial charge in [-0.1, -0.05) is 47.5 Å². The summed E-state index contributed by atoms with van der Waals surface area (Å²) in [5.41, 5.74) is 2.57. The number of carboxylic acids is 2. The van der Waals surface area contributed by atoms with Gasteiger partial charge in [0.1, 0.15) is 6.61 Å². The second kappa shape index (κ2) is 9.63. The minimum atomic E-state index is -2.27. The van der Waals surface area contributed by atoms with Crippen molar-refractivity contribution in [3.63, 3.8) is 0 Å². The Labute approximate surface area is 161 Å². The molecule has 0 aromatic heterocycles.